The molecule has 1 aromatic heterocycles. The lowest BCUT2D eigenvalue weighted by molar-refractivity contribution is 0.264. The molecule has 1 saturated carbocycles. The van der Waals surface area contributed by atoms with E-state index in [9.17, 15) is 0 Å². The quantitative estimate of drug-likeness (QED) is 0.595. The summed E-state index contributed by atoms with van der Waals surface area (Å²) in [4.78, 5) is 12.4. The Balaban J connectivity index is 1.77. The number of nitrogens with zero attached hydrogens (tertiary/aromatic N) is 3. The Morgan fingerprint density at radius 3 is 2.76 bits per heavy atom. The van der Waals surface area contributed by atoms with Crippen LogP contribution < -0.4 is 10.6 Å². The Hall–Kier alpha value is -1.14. The molecule has 118 valence electrons. The first-order valence-electron chi connectivity index (χ1n) is 7.68. The molecule has 0 amide bonds. The number of hydrogen-bond donors (Lipinski definition) is 2. The maximum absolute atomic E-state index is 4.42. The van der Waals surface area contributed by atoms with Crippen LogP contribution in [-0.4, -0.2) is 49.6 Å². The second-order valence-corrected chi connectivity index (χ2v) is 6.95. The number of aliphatic imine (C=N–C) groups is 1. The van der Waals surface area contributed by atoms with Crippen LogP contribution in [0.2, 0.25) is 0 Å². The molecule has 21 heavy (non-hydrogen) atoms. The fourth-order valence-corrected chi connectivity index (χ4v) is 3.23. The number of likely N-dealkylation sites (N-methyl/N-ethyl adjacent to an activating group) is 1. The minimum atomic E-state index is 0.593. The molecular weight excluding hydrogens is 282 g/mol. The van der Waals surface area contributed by atoms with Gasteiger partial charge in [-0.25, -0.2) is 4.98 Å². The minimum Gasteiger partial charge on any atom is -0.355 e. The highest BCUT2D eigenvalue weighted by atomic mass is 32.1. The van der Waals surface area contributed by atoms with Gasteiger partial charge < -0.3 is 15.5 Å². The summed E-state index contributed by atoms with van der Waals surface area (Å²) in [5, 5.41) is 7.89. The molecule has 2 N–H and O–H groups in total. The predicted molar refractivity (Wildman–Crippen MR) is 89.9 cm³/mol. The number of thiazole rings is 1. The highest BCUT2D eigenvalue weighted by Crippen LogP contribution is 2.34. The van der Waals surface area contributed by atoms with E-state index in [0.29, 0.717) is 6.04 Å². The maximum atomic E-state index is 4.42. The van der Waals surface area contributed by atoms with Gasteiger partial charge in [-0.2, -0.15) is 0 Å². The van der Waals surface area contributed by atoms with Gasteiger partial charge in [0.1, 0.15) is 5.01 Å². The van der Waals surface area contributed by atoms with Gasteiger partial charge in [0.25, 0.3) is 0 Å². The number of nitrogens with one attached hydrogen (secondary N) is 2. The number of aryl methyl sites for hydroxylation is 1. The van der Waals surface area contributed by atoms with Crippen molar-refractivity contribution in [2.75, 3.05) is 27.7 Å². The van der Waals surface area contributed by atoms with E-state index in [4.69, 9.17) is 0 Å². The van der Waals surface area contributed by atoms with Crippen LogP contribution in [0, 0.1) is 5.92 Å². The molecule has 0 aliphatic heterocycles. The largest absolute Gasteiger partial charge is 0.355 e. The summed E-state index contributed by atoms with van der Waals surface area (Å²) in [5.41, 5.74) is 0. The third-order valence-corrected chi connectivity index (χ3v) is 5.03. The maximum Gasteiger partial charge on any atom is 0.191 e. The van der Waals surface area contributed by atoms with E-state index in [0.717, 1.165) is 36.4 Å². The second kappa shape index (κ2) is 7.75. The predicted octanol–water partition coefficient (Wildman–Crippen LogP) is 1.71. The molecule has 2 rings (SSSR count). The Bertz CT molecular complexity index is 462. The van der Waals surface area contributed by atoms with E-state index in [1.807, 2.05) is 13.2 Å². The first-order chi connectivity index (χ1) is 10.1. The van der Waals surface area contributed by atoms with Gasteiger partial charge in [0.15, 0.2) is 5.96 Å². The van der Waals surface area contributed by atoms with Crippen LogP contribution in [0.5, 0.6) is 0 Å². The average molecular weight is 309 g/mol. The van der Waals surface area contributed by atoms with E-state index in [1.165, 1.54) is 17.7 Å². The van der Waals surface area contributed by atoms with E-state index >= 15 is 0 Å². The summed E-state index contributed by atoms with van der Waals surface area (Å²) >= 11 is 1.76. The molecule has 1 fully saturated rings. The fraction of sp³-hybridized carbons (Fsp3) is 0.733. The third kappa shape index (κ3) is 4.97. The number of rotatable bonds is 7. The number of aromatic nitrogens is 1. The molecular formula is C15H27N5S. The third-order valence-electron chi connectivity index (χ3n) is 3.89. The summed E-state index contributed by atoms with van der Waals surface area (Å²) in [6.07, 6.45) is 5.73. The van der Waals surface area contributed by atoms with E-state index in [1.54, 1.807) is 11.3 Å². The van der Waals surface area contributed by atoms with Crippen LogP contribution in [0.25, 0.3) is 0 Å². The van der Waals surface area contributed by atoms with Gasteiger partial charge in [-0.05, 0) is 39.3 Å². The zero-order chi connectivity index (χ0) is 15.2. The highest BCUT2D eigenvalue weighted by Gasteiger charge is 2.32. The van der Waals surface area contributed by atoms with E-state index in [-0.39, 0.29) is 0 Å². The molecule has 1 aliphatic rings. The van der Waals surface area contributed by atoms with Gasteiger partial charge in [-0.1, -0.05) is 6.92 Å². The summed E-state index contributed by atoms with van der Waals surface area (Å²) < 4.78 is 0. The standard InChI is InChI=1S/C15H27N5S/c1-5-12-8-17-14(21-12)10-19-15(16-2)18-9-13(20(3)4)11-6-7-11/h8,11,13H,5-7,9-10H2,1-4H3,(H2,16,18,19). The monoisotopic (exact) mass is 309 g/mol. The molecule has 1 unspecified atom stereocenters. The molecule has 1 atom stereocenters. The van der Waals surface area contributed by atoms with Crippen LogP contribution in [0.4, 0.5) is 0 Å². The van der Waals surface area contributed by atoms with E-state index in [2.05, 4.69) is 46.5 Å². The zero-order valence-corrected chi connectivity index (χ0v) is 14.3. The second-order valence-electron chi connectivity index (χ2n) is 5.75. The van der Waals surface area contributed by atoms with Crippen molar-refractivity contribution in [3.63, 3.8) is 0 Å². The van der Waals surface area contributed by atoms with Gasteiger partial charge in [0, 0.05) is 30.7 Å². The van der Waals surface area contributed by atoms with Gasteiger partial charge in [-0.15, -0.1) is 11.3 Å². The fourth-order valence-electron chi connectivity index (χ4n) is 2.43. The average Bonchev–Trinajstić information content (AvgIpc) is 3.20. The van der Waals surface area contributed by atoms with Crippen LogP contribution >= 0.6 is 11.3 Å². The molecule has 1 heterocycles. The molecule has 0 radical (unpaired) electrons. The van der Waals surface area contributed by atoms with E-state index < -0.39 is 0 Å². The lowest BCUT2D eigenvalue weighted by Crippen LogP contribution is -2.45. The summed E-state index contributed by atoms with van der Waals surface area (Å²) in [6, 6.07) is 0.593. The van der Waals surface area contributed by atoms with Crippen molar-refractivity contribution >= 4 is 17.3 Å². The highest BCUT2D eigenvalue weighted by molar-refractivity contribution is 7.11. The van der Waals surface area contributed by atoms with Crippen LogP contribution in [0.1, 0.15) is 29.7 Å². The van der Waals surface area contributed by atoms with Crippen molar-refractivity contribution in [3.05, 3.63) is 16.1 Å². The van der Waals surface area contributed by atoms with Crippen molar-refractivity contribution < 1.29 is 0 Å². The SMILES string of the molecule is CCc1cnc(CNC(=NC)NCC(C2CC2)N(C)C)s1. The van der Waals surface area contributed by atoms with Crippen LogP contribution in [0.15, 0.2) is 11.2 Å². The van der Waals surface area contributed by atoms with Gasteiger partial charge in [-0.3, -0.25) is 4.99 Å². The van der Waals surface area contributed by atoms with Crippen molar-refractivity contribution in [2.45, 2.75) is 38.8 Å². The normalized spacial score (nSPS) is 17.1. The van der Waals surface area contributed by atoms with Crippen molar-refractivity contribution in [3.8, 4) is 0 Å². The summed E-state index contributed by atoms with van der Waals surface area (Å²) in [7, 11) is 6.13. The van der Waals surface area contributed by atoms with Crippen molar-refractivity contribution in [1.29, 1.82) is 0 Å². The summed E-state index contributed by atoms with van der Waals surface area (Å²) in [6.45, 7) is 3.83. The molecule has 0 aromatic carbocycles. The van der Waals surface area contributed by atoms with Gasteiger partial charge in [0.05, 0.1) is 6.54 Å². The first kappa shape index (κ1) is 16.2. The van der Waals surface area contributed by atoms with Crippen molar-refractivity contribution in [1.82, 2.24) is 20.5 Å². The molecule has 0 bridgehead atoms. The molecule has 1 aliphatic carbocycles. The molecule has 5 nitrogen and oxygen atoms in total. The van der Waals surface area contributed by atoms with Crippen molar-refractivity contribution in [2.24, 2.45) is 10.9 Å². The van der Waals surface area contributed by atoms with Gasteiger partial charge in [0.2, 0.25) is 0 Å². The number of guanidine groups is 1. The van der Waals surface area contributed by atoms with Gasteiger partial charge >= 0.3 is 0 Å². The molecule has 0 spiro atoms. The smallest absolute Gasteiger partial charge is 0.191 e. The molecule has 6 heteroatoms. The Morgan fingerprint density at radius 1 is 1.48 bits per heavy atom. The first-order valence-corrected chi connectivity index (χ1v) is 8.50. The zero-order valence-electron chi connectivity index (χ0n) is 13.5. The lowest BCUT2D eigenvalue weighted by atomic mass is 10.1. The Kier molecular flexibility index (Phi) is 5.99. The van der Waals surface area contributed by atoms with Crippen LogP contribution in [0.3, 0.4) is 0 Å². The topological polar surface area (TPSA) is 52.6 Å². The minimum absolute atomic E-state index is 0.593. The summed E-state index contributed by atoms with van der Waals surface area (Å²) in [5.74, 6) is 1.70. The van der Waals surface area contributed by atoms with Crippen LogP contribution in [-0.2, 0) is 13.0 Å². The Labute approximate surface area is 131 Å². The lowest BCUT2D eigenvalue weighted by Gasteiger charge is -2.25. The Morgan fingerprint density at radius 2 is 2.24 bits per heavy atom. The number of hydrogen-bond acceptors (Lipinski definition) is 4. The molecule has 1 aromatic rings. The molecule has 0 saturated heterocycles.